The number of carbonyl (C=O) groups excluding carboxylic acids is 1. The van der Waals surface area contributed by atoms with Crippen LogP contribution in [0, 0.1) is 0 Å². The molecule has 0 bridgehead atoms. The minimum atomic E-state index is -0.00242. The lowest BCUT2D eigenvalue weighted by Crippen LogP contribution is -2.55. The molecule has 6 rings (SSSR count). The van der Waals surface area contributed by atoms with Crippen LogP contribution in [0.5, 0.6) is 0 Å². The van der Waals surface area contributed by atoms with E-state index in [1.54, 1.807) is 4.81 Å². The number of hydrogen-bond acceptors (Lipinski definition) is 1. The Morgan fingerprint density at radius 1 is 0.733 bits per heavy atom. The number of aromatic nitrogens is 1. The molecule has 30 heavy (non-hydrogen) atoms. The summed E-state index contributed by atoms with van der Waals surface area (Å²) in [5, 5.41) is 2.31. The molecule has 2 aliphatic heterocycles. The number of rotatable bonds is 2. The minimum absolute atomic E-state index is 0.00242. The SMILES string of the molecule is O=C1C(c2ccccc2)=C(c2cccc3ccccc23)C2=Cc3cccc[n+]3[B]N12. The van der Waals surface area contributed by atoms with Crippen LogP contribution in [0.15, 0.2) is 103 Å². The van der Waals surface area contributed by atoms with Crippen molar-refractivity contribution in [3.8, 4) is 0 Å². The fourth-order valence-electron chi connectivity index (χ4n) is 4.39. The van der Waals surface area contributed by atoms with Crippen molar-refractivity contribution in [1.82, 2.24) is 4.81 Å². The molecule has 0 atom stereocenters. The maximum Gasteiger partial charge on any atom is 0.702 e. The van der Waals surface area contributed by atoms with Crippen LogP contribution in [0.3, 0.4) is 0 Å². The highest BCUT2D eigenvalue weighted by atomic mass is 16.2. The maximum atomic E-state index is 13.7. The van der Waals surface area contributed by atoms with Crippen LogP contribution in [0.4, 0.5) is 0 Å². The van der Waals surface area contributed by atoms with Crippen LogP contribution in [0.1, 0.15) is 16.8 Å². The van der Waals surface area contributed by atoms with E-state index in [0.29, 0.717) is 0 Å². The molecular weight excluding hydrogens is 367 g/mol. The maximum absolute atomic E-state index is 13.7. The highest BCUT2D eigenvalue weighted by molar-refractivity contribution is 6.45. The lowest BCUT2D eigenvalue weighted by molar-refractivity contribution is -0.538. The van der Waals surface area contributed by atoms with Gasteiger partial charge in [-0.1, -0.05) is 72.8 Å². The summed E-state index contributed by atoms with van der Waals surface area (Å²) in [4.78, 5) is 15.4. The molecule has 3 nitrogen and oxygen atoms in total. The standard InChI is InChI=1S/C26H17BN2O/c30-26-24(19-10-2-1-3-11-19)25(22-15-8-12-18-9-4-5-14-21(18)22)23-17-20-13-6-7-16-28(20)27-29(23)26/h1-17H/q+1. The summed E-state index contributed by atoms with van der Waals surface area (Å²) in [6.07, 6.45) is 4.07. The molecule has 139 valence electrons. The van der Waals surface area contributed by atoms with E-state index in [2.05, 4.69) is 48.5 Å². The summed E-state index contributed by atoms with van der Waals surface area (Å²) >= 11 is 0. The van der Waals surface area contributed by atoms with E-state index in [1.165, 1.54) is 0 Å². The van der Waals surface area contributed by atoms with E-state index in [9.17, 15) is 4.79 Å². The molecule has 0 saturated heterocycles. The number of pyridine rings is 1. The van der Waals surface area contributed by atoms with Crippen LogP contribution < -0.4 is 4.48 Å². The van der Waals surface area contributed by atoms with Crippen molar-refractivity contribution < 1.29 is 9.27 Å². The number of amides is 1. The summed E-state index contributed by atoms with van der Waals surface area (Å²) in [6.45, 7) is 0. The van der Waals surface area contributed by atoms with Crippen molar-refractivity contribution in [2.24, 2.45) is 0 Å². The van der Waals surface area contributed by atoms with Crippen LogP contribution in [0.2, 0.25) is 0 Å². The summed E-state index contributed by atoms with van der Waals surface area (Å²) in [7, 11) is 1.88. The molecule has 3 heterocycles. The first-order valence-electron chi connectivity index (χ1n) is 10.00. The van der Waals surface area contributed by atoms with Crippen molar-refractivity contribution in [2.45, 2.75) is 0 Å². The highest BCUT2D eigenvalue weighted by Crippen LogP contribution is 2.44. The minimum Gasteiger partial charge on any atom is -0.284 e. The Kier molecular flexibility index (Phi) is 3.72. The number of carbonyl (C=O) groups is 1. The summed E-state index contributed by atoms with van der Waals surface area (Å²) in [6, 6.07) is 30.6. The van der Waals surface area contributed by atoms with Crippen molar-refractivity contribution >= 4 is 41.5 Å². The Hall–Kier alpha value is -3.92. The van der Waals surface area contributed by atoms with Crippen molar-refractivity contribution in [3.05, 3.63) is 120 Å². The molecule has 4 aromatic rings. The van der Waals surface area contributed by atoms with Gasteiger partial charge in [0.2, 0.25) is 0 Å². The molecule has 0 saturated carbocycles. The number of benzene rings is 3. The molecule has 0 fully saturated rings. The Morgan fingerprint density at radius 2 is 1.50 bits per heavy atom. The molecule has 0 unspecified atom stereocenters. The number of fused-ring (bicyclic) bond motifs is 3. The normalized spacial score (nSPS) is 15.0. The molecular formula is C26H17BN2O+. The second-order valence-electron chi connectivity index (χ2n) is 7.50. The van der Waals surface area contributed by atoms with E-state index in [-0.39, 0.29) is 5.91 Å². The Labute approximate surface area is 175 Å². The first-order chi connectivity index (χ1) is 14.8. The smallest absolute Gasteiger partial charge is 0.284 e. The third-order valence-electron chi connectivity index (χ3n) is 5.77. The first-order valence-corrected chi connectivity index (χ1v) is 10.00. The third kappa shape index (κ3) is 2.47. The molecule has 1 aromatic heterocycles. The van der Waals surface area contributed by atoms with Crippen molar-refractivity contribution in [1.29, 1.82) is 0 Å². The van der Waals surface area contributed by atoms with Crippen LogP contribution in [-0.2, 0) is 4.79 Å². The van der Waals surface area contributed by atoms with Gasteiger partial charge in [-0.15, -0.1) is 0 Å². The number of allylic oxidation sites excluding steroid dienone is 1. The highest BCUT2D eigenvalue weighted by Gasteiger charge is 2.44. The zero-order valence-corrected chi connectivity index (χ0v) is 16.2. The Morgan fingerprint density at radius 3 is 2.40 bits per heavy atom. The van der Waals surface area contributed by atoms with Gasteiger partial charge in [-0.05, 0) is 34.0 Å². The Balaban J connectivity index is 1.69. The van der Waals surface area contributed by atoms with Crippen LogP contribution >= 0.6 is 0 Å². The second-order valence-corrected chi connectivity index (χ2v) is 7.50. The molecule has 1 amide bonds. The predicted molar refractivity (Wildman–Crippen MR) is 120 cm³/mol. The average molecular weight is 384 g/mol. The van der Waals surface area contributed by atoms with Crippen molar-refractivity contribution in [2.75, 3.05) is 0 Å². The lowest BCUT2D eigenvalue weighted by atomic mass is 9.90. The number of nitrogens with zero attached hydrogens (tertiary/aromatic N) is 2. The van der Waals surface area contributed by atoms with Crippen LogP contribution in [-0.4, -0.2) is 18.3 Å². The average Bonchev–Trinajstić information content (AvgIpc) is 3.09. The van der Waals surface area contributed by atoms with Gasteiger partial charge >= 0.3 is 7.55 Å². The van der Waals surface area contributed by atoms with E-state index in [1.807, 2.05) is 66.8 Å². The lowest BCUT2D eigenvalue weighted by Gasteiger charge is -2.19. The van der Waals surface area contributed by atoms with Gasteiger partial charge < -0.3 is 0 Å². The van der Waals surface area contributed by atoms with Crippen LogP contribution in [0.25, 0.3) is 28.0 Å². The van der Waals surface area contributed by atoms with Gasteiger partial charge in [-0.3, -0.25) is 14.1 Å². The largest absolute Gasteiger partial charge is 0.702 e. The quantitative estimate of drug-likeness (QED) is 0.473. The van der Waals surface area contributed by atoms with Crippen molar-refractivity contribution in [3.63, 3.8) is 0 Å². The van der Waals surface area contributed by atoms with E-state index < -0.39 is 0 Å². The van der Waals surface area contributed by atoms with Gasteiger partial charge in [0, 0.05) is 17.7 Å². The summed E-state index contributed by atoms with van der Waals surface area (Å²) in [5.41, 5.74) is 5.69. The molecule has 2 aliphatic rings. The first kappa shape index (κ1) is 17.0. The Bertz CT molecular complexity index is 1380. The summed E-state index contributed by atoms with van der Waals surface area (Å²) in [5.74, 6) is -0.00242. The van der Waals surface area contributed by atoms with E-state index in [4.69, 9.17) is 0 Å². The summed E-state index contributed by atoms with van der Waals surface area (Å²) < 4.78 is 1.98. The molecule has 3 aromatic carbocycles. The zero-order chi connectivity index (χ0) is 20.1. The fraction of sp³-hybridized carbons (Fsp3) is 0. The van der Waals surface area contributed by atoms with Gasteiger partial charge in [0.1, 0.15) is 6.20 Å². The molecule has 0 spiro atoms. The molecule has 4 heteroatoms. The fourth-order valence-corrected chi connectivity index (χ4v) is 4.39. The van der Waals surface area contributed by atoms with Gasteiger partial charge in [0.05, 0.1) is 11.3 Å². The van der Waals surface area contributed by atoms with E-state index in [0.717, 1.165) is 44.4 Å². The third-order valence-corrected chi connectivity index (χ3v) is 5.77. The topological polar surface area (TPSA) is 24.2 Å². The van der Waals surface area contributed by atoms with E-state index >= 15 is 0 Å². The molecule has 1 radical (unpaired) electrons. The monoisotopic (exact) mass is 384 g/mol. The zero-order valence-electron chi connectivity index (χ0n) is 16.2. The number of hydrogen-bond donors (Lipinski definition) is 0. The van der Waals surface area contributed by atoms with Gasteiger partial charge in [0.15, 0.2) is 5.69 Å². The van der Waals surface area contributed by atoms with Gasteiger partial charge in [0.25, 0.3) is 5.91 Å². The predicted octanol–water partition coefficient (Wildman–Crippen LogP) is 4.32. The molecule has 0 aliphatic carbocycles. The molecule has 0 N–H and O–H groups in total. The second kappa shape index (κ2) is 6.56. The van der Waals surface area contributed by atoms with Gasteiger partial charge in [-0.2, -0.15) is 0 Å². The van der Waals surface area contributed by atoms with Gasteiger partial charge in [-0.25, -0.2) is 0 Å².